The van der Waals surface area contributed by atoms with Crippen LogP contribution in [0.3, 0.4) is 0 Å². The summed E-state index contributed by atoms with van der Waals surface area (Å²) >= 11 is 19.1. The summed E-state index contributed by atoms with van der Waals surface area (Å²) in [6.07, 6.45) is 0. The van der Waals surface area contributed by atoms with Gasteiger partial charge in [0.1, 0.15) is 74.1 Å². The van der Waals surface area contributed by atoms with E-state index in [2.05, 4.69) is 243 Å². The van der Waals surface area contributed by atoms with Crippen molar-refractivity contribution >= 4 is 121 Å². The van der Waals surface area contributed by atoms with E-state index in [1.807, 2.05) is 0 Å². The van der Waals surface area contributed by atoms with E-state index in [0.29, 0.717) is 0 Å². The van der Waals surface area contributed by atoms with Gasteiger partial charge in [-0.25, -0.2) is 37.3 Å². The fraction of sp³-hybridized carbons (Fsp3) is 0.0769. The number of alkyl halides is 4. The molecule has 0 saturated carbocycles. The van der Waals surface area contributed by atoms with Crippen LogP contribution in [0.25, 0.3) is 0 Å². The second kappa shape index (κ2) is 39.7. The summed E-state index contributed by atoms with van der Waals surface area (Å²) in [6, 6.07) is 88.9. The van der Waals surface area contributed by atoms with Crippen molar-refractivity contribution < 1.29 is 103 Å². The molecule has 0 aliphatic carbocycles. The molecule has 8 nitrogen and oxygen atoms in total. The van der Waals surface area contributed by atoms with E-state index in [4.69, 9.17) is 83.7 Å². The molecule has 0 aliphatic heterocycles. The van der Waals surface area contributed by atoms with E-state index in [9.17, 15) is 0 Å². The molecule has 8 aromatic carbocycles. The molecule has 0 unspecified atom stereocenters. The fourth-order valence-electron chi connectivity index (χ4n) is 6.95. The van der Waals surface area contributed by atoms with Crippen molar-refractivity contribution in [1.82, 2.24) is 0 Å². The fourth-order valence-corrected chi connectivity index (χ4v) is 22.4. The third-order valence-corrected chi connectivity index (χ3v) is 23.6. The molecule has 0 radical (unpaired) electrons. The third kappa shape index (κ3) is 29.6. The van der Waals surface area contributed by atoms with E-state index in [1.54, 1.807) is 0 Å². The standard InChI is InChI=1S/2C25H22P2.2CH2Cl2.2Ag.2ClHO4/c2*1-5-13-22(14-6-1)26(23-15-7-2-8-16-23)21-27(24-17-9-3-10-18-24)25-19-11-4-12-20-25;2*2-1-3;;;2*2-1(3,4)5/h2*1-20H,21H2;2*1H2;;;2*(H,2,3,4,5)/q;;;;2*+1;;/p+2. The maximum absolute atomic E-state index is 8.49. The molecule has 0 aromatic heterocycles. The van der Waals surface area contributed by atoms with Gasteiger partial charge in [-0.1, -0.05) is 146 Å². The zero-order chi connectivity index (χ0) is 51.0. The van der Waals surface area contributed by atoms with Crippen LogP contribution in [0.5, 0.6) is 0 Å². The van der Waals surface area contributed by atoms with E-state index < -0.39 is 52.2 Å². The Kier molecular flexibility index (Phi) is 37.7. The van der Waals surface area contributed by atoms with Gasteiger partial charge in [-0.15, -0.1) is 66.9 Å². The average molecular weight is 1360 g/mol. The maximum atomic E-state index is 8.49. The normalized spacial score (nSPS) is 10.4. The van der Waals surface area contributed by atoms with Crippen molar-refractivity contribution in [3.05, 3.63) is 243 Å². The van der Waals surface area contributed by atoms with Gasteiger partial charge in [0.15, 0.2) is 11.8 Å². The molecule has 0 heterocycles. The Hall–Kier alpha value is -1.62. The molecule has 0 amide bonds. The second-order valence-electron chi connectivity index (χ2n) is 14.2. The Balaban J connectivity index is 0.000000544. The van der Waals surface area contributed by atoms with Gasteiger partial charge >= 0.3 is 44.8 Å². The van der Waals surface area contributed by atoms with Crippen LogP contribution in [0.2, 0.25) is 0 Å². The molecular weight excluding hydrogens is 1300 g/mol. The van der Waals surface area contributed by atoms with E-state index in [-0.39, 0.29) is 55.4 Å². The molecule has 72 heavy (non-hydrogen) atoms. The predicted molar refractivity (Wildman–Crippen MR) is 285 cm³/mol. The zero-order valence-electron chi connectivity index (χ0n) is 38.1. The molecule has 0 fully saturated rings. The topological polar surface area (TPSA) is 184 Å². The van der Waals surface area contributed by atoms with E-state index in [0.717, 1.165) is 0 Å². The smallest absolute Gasteiger partial charge is 0.222 e. The molecule has 0 atom stereocenters. The Morgan fingerprint density at radius 2 is 0.319 bits per heavy atom. The van der Waals surface area contributed by atoms with Gasteiger partial charge in [0.05, 0.1) is 10.7 Å². The van der Waals surface area contributed by atoms with Crippen LogP contribution in [0, 0.1) is 20.5 Å². The number of benzene rings is 8. The summed E-state index contributed by atoms with van der Waals surface area (Å²) in [5.74, 6) is 2.49. The number of hydrogen-bond acceptors (Lipinski definition) is 8. The van der Waals surface area contributed by atoms with Crippen molar-refractivity contribution in [3.8, 4) is 0 Å². The van der Waals surface area contributed by atoms with Crippen LogP contribution < -0.4 is 79.7 Å². The first-order valence-corrected chi connectivity index (χ1v) is 32.4. The van der Waals surface area contributed by atoms with Crippen LogP contribution in [0.15, 0.2) is 243 Å². The van der Waals surface area contributed by atoms with E-state index in [1.165, 1.54) is 54.2 Å². The summed E-state index contributed by atoms with van der Waals surface area (Å²) in [7, 11) is -13.3. The van der Waals surface area contributed by atoms with Gasteiger partial charge in [-0.3, -0.25) is 0 Å². The molecule has 388 valence electrons. The molecule has 0 bridgehead atoms. The monoisotopic (exact) mass is 1350 g/mol. The largest absolute Gasteiger partial charge is 1.00 e. The van der Waals surface area contributed by atoms with Crippen molar-refractivity contribution in [2.24, 2.45) is 0 Å². The molecular formula is C52H52Ag2Cl6O8P4+4. The van der Waals surface area contributed by atoms with Crippen molar-refractivity contribution in [1.29, 1.82) is 0 Å². The van der Waals surface area contributed by atoms with Gasteiger partial charge in [-0.05, 0) is 97.1 Å². The molecule has 0 aliphatic rings. The number of rotatable bonds is 12. The average Bonchev–Trinajstić information content (AvgIpc) is 3.36. The Bertz CT molecular complexity index is 2000. The summed E-state index contributed by atoms with van der Waals surface area (Å²) in [5, 5.41) is 12.4. The quantitative estimate of drug-likeness (QED) is 0.102. The first-order valence-electron chi connectivity index (χ1n) is 21.0. The van der Waals surface area contributed by atoms with Crippen LogP contribution in [-0.2, 0) is 44.8 Å². The van der Waals surface area contributed by atoms with Crippen LogP contribution in [0.1, 0.15) is 0 Å². The van der Waals surface area contributed by atoms with Crippen molar-refractivity contribution in [2.75, 3.05) is 22.5 Å². The minimum atomic E-state index is -4.94. The predicted octanol–water partition coefficient (Wildman–Crippen LogP) is 2.67. The van der Waals surface area contributed by atoms with Gasteiger partial charge < -0.3 is 0 Å². The summed E-state index contributed by atoms with van der Waals surface area (Å²) in [4.78, 5) is 0. The number of halogens is 6. The molecule has 8 rings (SSSR count). The van der Waals surface area contributed by atoms with E-state index >= 15 is 0 Å². The summed E-state index contributed by atoms with van der Waals surface area (Å²) in [5.41, 5.74) is 0. The van der Waals surface area contributed by atoms with Gasteiger partial charge in [0, 0.05) is 0 Å². The van der Waals surface area contributed by atoms with Gasteiger partial charge in [-0.2, -0.15) is 0 Å². The molecule has 8 aromatic rings. The first kappa shape index (κ1) is 68.4. The molecule has 0 spiro atoms. The summed E-state index contributed by atoms with van der Waals surface area (Å²) in [6.45, 7) is 0. The summed E-state index contributed by atoms with van der Waals surface area (Å²) < 4.78 is 67.9. The Morgan fingerprint density at radius 1 is 0.236 bits per heavy atom. The Morgan fingerprint density at radius 3 is 0.403 bits per heavy atom. The zero-order valence-corrected chi connectivity index (χ0v) is 49.6. The van der Waals surface area contributed by atoms with Gasteiger partial charge in [0.25, 0.3) is 0 Å². The van der Waals surface area contributed by atoms with Crippen molar-refractivity contribution in [3.63, 3.8) is 0 Å². The molecule has 0 N–H and O–H groups in total. The Labute approximate surface area is 483 Å². The van der Waals surface area contributed by atoms with Crippen LogP contribution >= 0.6 is 78.1 Å². The third-order valence-electron chi connectivity index (χ3n) is 9.69. The van der Waals surface area contributed by atoms with Gasteiger partial charge in [0.2, 0.25) is 0 Å². The number of hydrogen-bond donors (Lipinski definition) is 0. The minimum absolute atomic E-state index is 0. The SMILES string of the molecule is ClCCl.ClCCl.[Ag+].[Ag+].[O-][Cl+3]([O-])([O-])[O-].[O-][Cl+3]([O-])([O-])[O-].c1ccc([PH+](C[PH+](c2ccccc2)c2ccccc2)c2ccccc2)cc1.c1ccc([PH+](C[PH+](c2ccccc2)c2ccccc2)c2ccccc2)cc1. The minimum Gasteiger partial charge on any atom is -0.222 e. The van der Waals surface area contributed by atoms with Crippen LogP contribution in [-0.4, -0.2) is 22.5 Å². The maximum Gasteiger partial charge on any atom is 1.00 e. The van der Waals surface area contributed by atoms with Crippen molar-refractivity contribution in [2.45, 2.75) is 0 Å². The second-order valence-corrected chi connectivity index (χ2v) is 28.6. The first-order chi connectivity index (χ1) is 33.7. The van der Waals surface area contributed by atoms with Crippen LogP contribution in [0.4, 0.5) is 0 Å². The molecule has 20 heteroatoms. The molecule has 0 saturated heterocycles.